The van der Waals surface area contributed by atoms with E-state index in [0.717, 1.165) is 0 Å². The Hall–Kier alpha value is 0.450. The lowest BCUT2D eigenvalue weighted by atomic mass is 10.2. The monoisotopic (exact) mass is 220 g/mol. The molecule has 2 unspecified atom stereocenters. The molecule has 0 aromatic rings. The van der Waals surface area contributed by atoms with Crippen molar-refractivity contribution in [3.63, 3.8) is 0 Å². The molecule has 0 saturated carbocycles. The van der Waals surface area contributed by atoms with Gasteiger partial charge in [-0.3, -0.25) is 0 Å². The highest BCUT2D eigenvalue weighted by molar-refractivity contribution is 7.91. The van der Waals surface area contributed by atoms with Crippen LogP contribution in [0.3, 0.4) is 0 Å². The Bertz CT molecular complexity index is 190. The number of rotatable bonds is 0. The van der Waals surface area contributed by atoms with Crippen LogP contribution < -0.4 is 36.3 Å². The van der Waals surface area contributed by atoms with Gasteiger partial charge in [-0.2, -0.15) is 0 Å². The van der Waals surface area contributed by atoms with E-state index in [1.54, 1.807) is 0 Å². The van der Waals surface area contributed by atoms with Crippen molar-refractivity contribution in [2.24, 2.45) is 11.5 Å². The molecule has 2 atom stereocenters. The summed E-state index contributed by atoms with van der Waals surface area (Å²) in [6.07, 6.45) is 0. The van der Waals surface area contributed by atoms with E-state index in [1.807, 2.05) is 0 Å². The first-order valence-electron chi connectivity index (χ1n) is 2.73. The summed E-state index contributed by atoms with van der Waals surface area (Å²) in [6.45, 7) is 0. The molecule has 1 rings (SSSR count). The highest BCUT2D eigenvalue weighted by atomic mass is 35.5. The van der Waals surface area contributed by atoms with E-state index in [4.69, 9.17) is 11.5 Å². The zero-order valence-corrected chi connectivity index (χ0v) is 8.03. The summed E-state index contributed by atoms with van der Waals surface area (Å²) < 4.78 is 21.4. The first kappa shape index (κ1) is 14.0. The molecular weight excluding hydrogens is 211 g/mol. The molecule has 0 radical (unpaired) electrons. The van der Waals surface area contributed by atoms with Crippen LogP contribution in [0.5, 0.6) is 0 Å². The number of sulfone groups is 1. The Balaban J connectivity index is 0. The molecule has 11 heavy (non-hydrogen) atoms. The van der Waals surface area contributed by atoms with E-state index in [9.17, 15) is 8.42 Å². The van der Waals surface area contributed by atoms with Crippen LogP contribution in [0.2, 0.25) is 0 Å². The van der Waals surface area contributed by atoms with Crippen molar-refractivity contribution in [3.8, 4) is 0 Å². The van der Waals surface area contributed by atoms with Crippen molar-refractivity contribution >= 4 is 9.84 Å². The van der Waals surface area contributed by atoms with Gasteiger partial charge in [-0.15, -0.1) is 0 Å². The third-order valence-electron chi connectivity index (χ3n) is 1.44. The van der Waals surface area contributed by atoms with Crippen LogP contribution in [0.25, 0.3) is 0 Å². The maximum atomic E-state index is 10.7. The van der Waals surface area contributed by atoms with E-state index in [-0.39, 0.29) is 48.4 Å². The van der Waals surface area contributed by atoms with Crippen molar-refractivity contribution in [1.29, 1.82) is 0 Å². The highest BCUT2D eigenvalue weighted by Gasteiger charge is 2.32. The molecule has 1 heterocycles. The van der Waals surface area contributed by atoms with E-state index in [1.165, 1.54) is 0 Å². The molecule has 0 aliphatic carbocycles. The molecule has 1 saturated heterocycles. The molecule has 0 bridgehead atoms. The lowest BCUT2D eigenvalue weighted by Gasteiger charge is -2.03. The van der Waals surface area contributed by atoms with Gasteiger partial charge in [-0.25, -0.2) is 8.42 Å². The fourth-order valence-corrected chi connectivity index (χ4v) is 2.71. The van der Waals surface area contributed by atoms with Crippen LogP contribution in [-0.2, 0) is 9.84 Å². The van der Waals surface area contributed by atoms with Gasteiger partial charge in [0.15, 0.2) is 9.84 Å². The van der Waals surface area contributed by atoms with Gasteiger partial charge in [0.2, 0.25) is 0 Å². The fourth-order valence-electron chi connectivity index (χ4n) is 0.902. The maximum Gasteiger partial charge on any atom is 0.153 e. The van der Waals surface area contributed by atoms with Crippen LogP contribution in [0.4, 0.5) is 0 Å². The predicted molar refractivity (Wildman–Crippen MR) is 34.6 cm³/mol. The average Bonchev–Trinajstić information content (AvgIpc) is 1.79. The van der Waals surface area contributed by atoms with Gasteiger partial charge in [0.1, 0.15) is 0 Å². The molecular formula is C4H10Cl2N2O2S-2. The number of nitrogens with two attached hydrogens (primary N) is 2. The number of hydrogen-bond donors (Lipinski definition) is 2. The third-order valence-corrected chi connectivity index (χ3v) is 3.23. The van der Waals surface area contributed by atoms with Crippen LogP contribution >= 0.6 is 0 Å². The Labute approximate surface area is 78.4 Å². The summed E-state index contributed by atoms with van der Waals surface area (Å²) in [5.74, 6) is 0.0995. The normalized spacial score (nSPS) is 33.6. The van der Waals surface area contributed by atoms with E-state index >= 15 is 0 Å². The largest absolute Gasteiger partial charge is 1.00 e. The van der Waals surface area contributed by atoms with Crippen molar-refractivity contribution < 1.29 is 33.2 Å². The van der Waals surface area contributed by atoms with Crippen LogP contribution in [0.1, 0.15) is 0 Å². The summed E-state index contributed by atoms with van der Waals surface area (Å²) in [5, 5.41) is 0. The molecule has 0 spiro atoms. The number of halogens is 2. The van der Waals surface area contributed by atoms with Crippen molar-refractivity contribution in [2.45, 2.75) is 12.1 Å². The highest BCUT2D eigenvalue weighted by Crippen LogP contribution is 2.07. The molecule has 7 heteroatoms. The minimum atomic E-state index is -2.89. The topological polar surface area (TPSA) is 86.2 Å². The second-order valence-electron chi connectivity index (χ2n) is 2.40. The van der Waals surface area contributed by atoms with Crippen molar-refractivity contribution in [2.75, 3.05) is 11.5 Å². The minimum absolute atomic E-state index is 0. The fraction of sp³-hybridized carbons (Fsp3) is 1.00. The van der Waals surface area contributed by atoms with Crippen molar-refractivity contribution in [1.82, 2.24) is 0 Å². The van der Waals surface area contributed by atoms with Gasteiger partial charge in [0, 0.05) is 12.1 Å². The summed E-state index contributed by atoms with van der Waals surface area (Å²) in [5.41, 5.74) is 10.7. The lowest BCUT2D eigenvalue weighted by Crippen LogP contribution is -3.00. The van der Waals surface area contributed by atoms with Crippen LogP contribution in [0, 0.1) is 0 Å². The summed E-state index contributed by atoms with van der Waals surface area (Å²) >= 11 is 0. The molecule has 70 valence electrons. The third kappa shape index (κ3) is 3.57. The van der Waals surface area contributed by atoms with Crippen molar-refractivity contribution in [3.05, 3.63) is 0 Å². The molecule has 0 aromatic carbocycles. The second-order valence-corrected chi connectivity index (χ2v) is 4.56. The predicted octanol–water partition coefficient (Wildman–Crippen LogP) is -7.92. The smallest absolute Gasteiger partial charge is 0.153 e. The maximum absolute atomic E-state index is 10.7. The Kier molecular flexibility index (Phi) is 5.69. The van der Waals surface area contributed by atoms with Gasteiger partial charge < -0.3 is 36.3 Å². The molecule has 4 nitrogen and oxygen atoms in total. The Morgan fingerprint density at radius 3 is 1.36 bits per heavy atom. The molecule has 1 aliphatic rings. The molecule has 1 fully saturated rings. The van der Waals surface area contributed by atoms with Gasteiger partial charge in [0.25, 0.3) is 0 Å². The van der Waals surface area contributed by atoms with E-state index in [0.29, 0.717) is 0 Å². The molecule has 1 aliphatic heterocycles. The first-order chi connectivity index (χ1) is 4.01. The molecule has 0 aromatic heterocycles. The zero-order chi connectivity index (χ0) is 7.07. The zero-order valence-electron chi connectivity index (χ0n) is 5.70. The van der Waals surface area contributed by atoms with Gasteiger partial charge in [-0.1, -0.05) is 0 Å². The summed E-state index contributed by atoms with van der Waals surface area (Å²) in [6, 6.07) is -0.704. The molecule has 0 amide bonds. The first-order valence-corrected chi connectivity index (χ1v) is 4.55. The Morgan fingerprint density at radius 1 is 1.00 bits per heavy atom. The summed E-state index contributed by atoms with van der Waals surface area (Å²) in [7, 11) is -2.89. The van der Waals surface area contributed by atoms with Gasteiger partial charge in [0.05, 0.1) is 11.5 Å². The SMILES string of the molecule is NC1CS(=O)(=O)CC1N.[Cl-].[Cl-]. The van der Waals surface area contributed by atoms with Crippen LogP contribution in [-0.4, -0.2) is 32.0 Å². The molecule has 4 N–H and O–H groups in total. The Morgan fingerprint density at radius 2 is 1.27 bits per heavy atom. The van der Waals surface area contributed by atoms with E-state index in [2.05, 4.69) is 0 Å². The average molecular weight is 221 g/mol. The van der Waals surface area contributed by atoms with Gasteiger partial charge in [-0.05, 0) is 0 Å². The van der Waals surface area contributed by atoms with E-state index < -0.39 is 9.84 Å². The summed E-state index contributed by atoms with van der Waals surface area (Å²) in [4.78, 5) is 0. The number of hydrogen-bond acceptors (Lipinski definition) is 4. The standard InChI is InChI=1S/C4H10N2O2S.2ClH/c5-3-1-9(7,8)2-4(3)6;;/h3-4H,1-2,5-6H2;2*1H/p-2. The second kappa shape index (κ2) is 4.47. The van der Waals surface area contributed by atoms with Gasteiger partial charge >= 0.3 is 0 Å². The lowest BCUT2D eigenvalue weighted by molar-refractivity contribution is -0.001000. The minimum Gasteiger partial charge on any atom is -1.00 e. The quantitative estimate of drug-likeness (QED) is 0.425. The van der Waals surface area contributed by atoms with Crippen LogP contribution in [0.15, 0.2) is 0 Å².